The number of hydrogen-bond acceptors (Lipinski definition) is 2. The van der Waals surface area contributed by atoms with E-state index in [4.69, 9.17) is 0 Å². The van der Waals surface area contributed by atoms with Crippen LogP contribution in [0.2, 0.25) is 0 Å². The zero-order valence-corrected chi connectivity index (χ0v) is 6.64. The molecular weight excluding hydrogens is 124 g/mol. The lowest BCUT2D eigenvalue weighted by molar-refractivity contribution is 0.269. The maximum atomic E-state index is 3.39. The third kappa shape index (κ3) is 0.956. The second kappa shape index (κ2) is 2.51. The van der Waals surface area contributed by atoms with Crippen molar-refractivity contribution in [3.63, 3.8) is 0 Å². The van der Waals surface area contributed by atoms with E-state index in [0.717, 1.165) is 12.0 Å². The zero-order valence-electron chi connectivity index (χ0n) is 6.64. The van der Waals surface area contributed by atoms with Crippen molar-refractivity contribution in [2.24, 2.45) is 5.92 Å². The summed E-state index contributed by atoms with van der Waals surface area (Å²) in [5.41, 5.74) is 0. The number of rotatable bonds is 1. The lowest BCUT2D eigenvalue weighted by Crippen LogP contribution is -2.32. The average molecular weight is 140 g/mol. The molecule has 2 aliphatic heterocycles. The highest BCUT2D eigenvalue weighted by atomic mass is 15.2. The summed E-state index contributed by atoms with van der Waals surface area (Å²) in [5.74, 6) is 0.957. The summed E-state index contributed by atoms with van der Waals surface area (Å²) in [6, 6.07) is 0.794. The van der Waals surface area contributed by atoms with Crippen molar-refractivity contribution < 1.29 is 0 Å². The van der Waals surface area contributed by atoms with Gasteiger partial charge in [-0.2, -0.15) is 0 Å². The van der Waals surface area contributed by atoms with Crippen LogP contribution in [0.4, 0.5) is 0 Å². The van der Waals surface area contributed by atoms with Gasteiger partial charge in [0.2, 0.25) is 0 Å². The third-order valence-corrected chi connectivity index (χ3v) is 2.94. The standard InChI is InChI=1S/C8H16N2/c1-9-8-6-10-4-2-3-7(8)5-10/h7-9H,2-6H2,1H3/t7-,8+/m0/s1. The molecule has 2 rings (SSSR count). The molecule has 2 saturated heterocycles. The molecule has 58 valence electrons. The highest BCUT2D eigenvalue weighted by Gasteiger charge is 2.33. The average Bonchev–Trinajstić information content (AvgIpc) is 2.26. The Bertz CT molecular complexity index is 124. The van der Waals surface area contributed by atoms with Gasteiger partial charge in [-0.05, 0) is 32.4 Å². The number of fused-ring (bicyclic) bond motifs is 2. The molecule has 0 aromatic rings. The smallest absolute Gasteiger partial charge is 0.0232 e. The fourth-order valence-corrected chi connectivity index (χ4v) is 2.34. The Labute approximate surface area is 62.6 Å². The second-order valence-electron chi connectivity index (χ2n) is 3.56. The maximum absolute atomic E-state index is 3.39. The summed E-state index contributed by atoms with van der Waals surface area (Å²) < 4.78 is 0. The molecule has 0 radical (unpaired) electrons. The largest absolute Gasteiger partial charge is 0.315 e. The zero-order chi connectivity index (χ0) is 6.97. The van der Waals surface area contributed by atoms with Crippen LogP contribution in [0.25, 0.3) is 0 Å². The van der Waals surface area contributed by atoms with Gasteiger partial charge in [0.05, 0.1) is 0 Å². The molecule has 1 unspecified atom stereocenters. The third-order valence-electron chi connectivity index (χ3n) is 2.94. The molecule has 10 heavy (non-hydrogen) atoms. The van der Waals surface area contributed by atoms with Gasteiger partial charge in [-0.25, -0.2) is 0 Å². The second-order valence-corrected chi connectivity index (χ2v) is 3.56. The molecule has 0 amide bonds. The van der Waals surface area contributed by atoms with Crippen molar-refractivity contribution in [3.05, 3.63) is 0 Å². The summed E-state index contributed by atoms with van der Waals surface area (Å²) in [4.78, 5) is 2.58. The van der Waals surface area contributed by atoms with Gasteiger partial charge in [0, 0.05) is 19.1 Å². The normalized spacial score (nSPS) is 45.9. The number of nitrogens with one attached hydrogen (secondary N) is 1. The predicted molar refractivity (Wildman–Crippen MR) is 42.0 cm³/mol. The summed E-state index contributed by atoms with van der Waals surface area (Å²) in [6.07, 6.45) is 2.87. The van der Waals surface area contributed by atoms with E-state index in [2.05, 4.69) is 17.3 Å². The van der Waals surface area contributed by atoms with Gasteiger partial charge in [-0.15, -0.1) is 0 Å². The van der Waals surface area contributed by atoms with E-state index in [9.17, 15) is 0 Å². The molecule has 0 spiro atoms. The van der Waals surface area contributed by atoms with E-state index < -0.39 is 0 Å². The van der Waals surface area contributed by atoms with Crippen molar-refractivity contribution in [3.8, 4) is 0 Å². The summed E-state index contributed by atoms with van der Waals surface area (Å²) in [6.45, 7) is 3.99. The van der Waals surface area contributed by atoms with Crippen LogP contribution in [-0.2, 0) is 0 Å². The minimum atomic E-state index is 0.794. The number of likely N-dealkylation sites (N-methyl/N-ethyl adjacent to an activating group) is 1. The van der Waals surface area contributed by atoms with Crippen molar-refractivity contribution >= 4 is 0 Å². The highest BCUT2D eigenvalue weighted by Crippen LogP contribution is 2.26. The fraction of sp³-hybridized carbons (Fsp3) is 1.00. The predicted octanol–water partition coefficient (Wildman–Crippen LogP) is 0.300. The molecule has 1 N–H and O–H groups in total. The monoisotopic (exact) mass is 140 g/mol. The number of hydrogen-bond donors (Lipinski definition) is 1. The molecule has 0 aromatic heterocycles. The molecule has 2 bridgehead atoms. The Kier molecular flexibility index (Phi) is 1.66. The van der Waals surface area contributed by atoms with E-state index in [-0.39, 0.29) is 0 Å². The molecule has 2 aliphatic rings. The first-order chi connectivity index (χ1) is 4.90. The van der Waals surface area contributed by atoms with Crippen molar-refractivity contribution in [1.29, 1.82) is 0 Å². The van der Waals surface area contributed by atoms with E-state index in [1.807, 2.05) is 0 Å². The van der Waals surface area contributed by atoms with E-state index in [0.29, 0.717) is 0 Å². The van der Waals surface area contributed by atoms with Gasteiger partial charge in [0.15, 0.2) is 0 Å². The fourth-order valence-electron chi connectivity index (χ4n) is 2.34. The topological polar surface area (TPSA) is 15.3 Å². The van der Waals surface area contributed by atoms with Crippen LogP contribution in [0.15, 0.2) is 0 Å². The van der Waals surface area contributed by atoms with Crippen LogP contribution in [0.1, 0.15) is 12.8 Å². The van der Waals surface area contributed by atoms with Gasteiger partial charge in [-0.3, -0.25) is 0 Å². The Morgan fingerprint density at radius 3 is 3.00 bits per heavy atom. The van der Waals surface area contributed by atoms with Gasteiger partial charge in [-0.1, -0.05) is 0 Å². The van der Waals surface area contributed by atoms with E-state index in [1.165, 1.54) is 32.5 Å². The first-order valence-electron chi connectivity index (χ1n) is 4.30. The summed E-state index contributed by atoms with van der Waals surface area (Å²) in [5, 5.41) is 3.39. The Balaban J connectivity index is 2.01. The van der Waals surface area contributed by atoms with Gasteiger partial charge in [0.1, 0.15) is 0 Å². The van der Waals surface area contributed by atoms with E-state index in [1.54, 1.807) is 0 Å². The van der Waals surface area contributed by atoms with Crippen molar-refractivity contribution in [2.75, 3.05) is 26.7 Å². The van der Waals surface area contributed by atoms with Crippen LogP contribution < -0.4 is 5.32 Å². The van der Waals surface area contributed by atoms with Crippen LogP contribution in [0.3, 0.4) is 0 Å². The maximum Gasteiger partial charge on any atom is 0.0232 e. The van der Waals surface area contributed by atoms with Crippen LogP contribution in [0, 0.1) is 5.92 Å². The van der Waals surface area contributed by atoms with Crippen LogP contribution in [-0.4, -0.2) is 37.6 Å². The lowest BCUT2D eigenvalue weighted by atomic mass is 9.97. The molecule has 2 heteroatoms. The first kappa shape index (κ1) is 6.62. The van der Waals surface area contributed by atoms with Crippen molar-refractivity contribution in [2.45, 2.75) is 18.9 Å². The Morgan fingerprint density at radius 2 is 2.30 bits per heavy atom. The van der Waals surface area contributed by atoms with E-state index >= 15 is 0 Å². The quantitative estimate of drug-likeness (QED) is 0.563. The first-order valence-corrected chi connectivity index (χ1v) is 4.30. The minimum Gasteiger partial charge on any atom is -0.315 e. The Morgan fingerprint density at radius 1 is 1.40 bits per heavy atom. The highest BCUT2D eigenvalue weighted by molar-refractivity contribution is 4.91. The summed E-state index contributed by atoms with van der Waals surface area (Å²) >= 11 is 0. The lowest BCUT2D eigenvalue weighted by Gasteiger charge is -2.21. The number of piperidine rings is 1. The molecule has 2 heterocycles. The molecule has 3 atom stereocenters. The molecular formula is C8H16N2. The van der Waals surface area contributed by atoms with Gasteiger partial charge >= 0.3 is 0 Å². The molecule has 0 aliphatic carbocycles. The summed E-state index contributed by atoms with van der Waals surface area (Å²) in [7, 11) is 2.09. The minimum absolute atomic E-state index is 0.794. The molecule has 0 aromatic carbocycles. The SMILES string of the molecule is CN[C@@H]1CN2CCC[C@H]1C2. The van der Waals surface area contributed by atoms with Gasteiger partial charge in [0.25, 0.3) is 0 Å². The molecule has 0 saturated carbocycles. The van der Waals surface area contributed by atoms with Gasteiger partial charge < -0.3 is 10.2 Å². The molecule has 2 nitrogen and oxygen atoms in total. The Hall–Kier alpha value is -0.0800. The van der Waals surface area contributed by atoms with Crippen molar-refractivity contribution in [1.82, 2.24) is 10.2 Å². The molecule has 2 fully saturated rings. The van der Waals surface area contributed by atoms with Crippen LogP contribution in [0.5, 0.6) is 0 Å². The van der Waals surface area contributed by atoms with Crippen LogP contribution >= 0.6 is 0 Å². The number of nitrogens with zero attached hydrogens (tertiary/aromatic N) is 1.